The molecule has 0 bridgehead atoms. The highest BCUT2D eigenvalue weighted by atomic mass is 14.6. The summed E-state index contributed by atoms with van der Waals surface area (Å²) in [6.45, 7) is 2.05. The van der Waals surface area contributed by atoms with Gasteiger partial charge in [-0.05, 0) is 42.9 Å². The van der Waals surface area contributed by atoms with Crippen molar-refractivity contribution in [3.8, 4) is 0 Å². The first-order valence-electron chi connectivity index (χ1n) is 5.33. The van der Waals surface area contributed by atoms with Crippen LogP contribution in [0.15, 0.2) is 30.3 Å². The standard InChI is InChI=1S/C13H17N/c1-10(14)12-8-4-5-9-13(12)11-6-2-3-7-11/h4-6,8-10H,2-3,7,14H2,1H3/t10-/m0/s1. The second-order valence-corrected chi connectivity index (χ2v) is 4.00. The fraction of sp³-hybridized carbons (Fsp3) is 0.385. The Balaban J connectivity index is 2.41. The monoisotopic (exact) mass is 187 g/mol. The van der Waals surface area contributed by atoms with E-state index in [1.807, 2.05) is 6.92 Å². The Labute approximate surface area is 85.6 Å². The topological polar surface area (TPSA) is 26.0 Å². The van der Waals surface area contributed by atoms with E-state index in [0.717, 1.165) is 0 Å². The van der Waals surface area contributed by atoms with E-state index in [-0.39, 0.29) is 6.04 Å². The van der Waals surface area contributed by atoms with Gasteiger partial charge in [-0.2, -0.15) is 0 Å². The molecule has 0 saturated carbocycles. The number of hydrogen-bond acceptors (Lipinski definition) is 1. The van der Waals surface area contributed by atoms with Gasteiger partial charge in [0.05, 0.1) is 0 Å². The van der Waals surface area contributed by atoms with Crippen molar-refractivity contribution < 1.29 is 0 Å². The highest BCUT2D eigenvalue weighted by Crippen LogP contribution is 2.31. The van der Waals surface area contributed by atoms with Gasteiger partial charge in [-0.1, -0.05) is 30.3 Å². The van der Waals surface area contributed by atoms with Crippen LogP contribution in [0, 0.1) is 0 Å². The Morgan fingerprint density at radius 3 is 2.71 bits per heavy atom. The van der Waals surface area contributed by atoms with E-state index in [9.17, 15) is 0 Å². The summed E-state index contributed by atoms with van der Waals surface area (Å²) in [4.78, 5) is 0. The summed E-state index contributed by atoms with van der Waals surface area (Å²) in [7, 11) is 0. The summed E-state index contributed by atoms with van der Waals surface area (Å²) in [5.41, 5.74) is 10.1. The molecule has 0 fully saturated rings. The zero-order chi connectivity index (χ0) is 9.97. The third-order valence-corrected chi connectivity index (χ3v) is 2.84. The maximum absolute atomic E-state index is 5.95. The summed E-state index contributed by atoms with van der Waals surface area (Å²) in [6.07, 6.45) is 6.08. The quantitative estimate of drug-likeness (QED) is 0.755. The first-order valence-corrected chi connectivity index (χ1v) is 5.33. The Kier molecular flexibility index (Phi) is 2.69. The largest absolute Gasteiger partial charge is 0.324 e. The maximum atomic E-state index is 5.95. The minimum absolute atomic E-state index is 0.132. The zero-order valence-corrected chi connectivity index (χ0v) is 8.66. The van der Waals surface area contributed by atoms with E-state index in [0.29, 0.717) is 0 Å². The van der Waals surface area contributed by atoms with Gasteiger partial charge in [0.1, 0.15) is 0 Å². The van der Waals surface area contributed by atoms with E-state index in [2.05, 4.69) is 30.3 Å². The molecule has 0 heterocycles. The van der Waals surface area contributed by atoms with Crippen LogP contribution in [0.5, 0.6) is 0 Å². The first kappa shape index (κ1) is 9.47. The molecule has 0 saturated heterocycles. The highest BCUT2D eigenvalue weighted by Gasteiger charge is 2.12. The van der Waals surface area contributed by atoms with Gasteiger partial charge in [0.15, 0.2) is 0 Å². The van der Waals surface area contributed by atoms with Gasteiger partial charge in [0.2, 0.25) is 0 Å². The second kappa shape index (κ2) is 3.97. The number of allylic oxidation sites excluding steroid dienone is 2. The lowest BCUT2D eigenvalue weighted by Crippen LogP contribution is -2.07. The lowest BCUT2D eigenvalue weighted by atomic mass is 9.95. The van der Waals surface area contributed by atoms with Crippen LogP contribution >= 0.6 is 0 Å². The van der Waals surface area contributed by atoms with E-state index < -0.39 is 0 Å². The van der Waals surface area contributed by atoms with Gasteiger partial charge < -0.3 is 5.73 Å². The van der Waals surface area contributed by atoms with Crippen LogP contribution < -0.4 is 5.73 Å². The number of hydrogen-bond donors (Lipinski definition) is 1. The van der Waals surface area contributed by atoms with Crippen molar-refractivity contribution in [1.29, 1.82) is 0 Å². The lowest BCUT2D eigenvalue weighted by molar-refractivity contribution is 0.813. The molecule has 1 aliphatic rings. The van der Waals surface area contributed by atoms with Crippen molar-refractivity contribution >= 4 is 5.57 Å². The third-order valence-electron chi connectivity index (χ3n) is 2.84. The van der Waals surface area contributed by atoms with Gasteiger partial charge in [0, 0.05) is 6.04 Å². The molecule has 0 radical (unpaired) electrons. The molecule has 2 N–H and O–H groups in total. The molecule has 1 aliphatic carbocycles. The first-order chi connectivity index (χ1) is 6.79. The average Bonchev–Trinajstić information content (AvgIpc) is 2.70. The Bertz CT molecular complexity index is 350. The Hall–Kier alpha value is -1.08. The fourth-order valence-corrected chi connectivity index (χ4v) is 2.10. The predicted octanol–water partition coefficient (Wildman–Crippen LogP) is 3.27. The minimum Gasteiger partial charge on any atom is -0.324 e. The molecule has 1 aromatic carbocycles. The van der Waals surface area contributed by atoms with Crippen LogP contribution in [0.2, 0.25) is 0 Å². The van der Waals surface area contributed by atoms with Crippen LogP contribution in [0.1, 0.15) is 43.4 Å². The van der Waals surface area contributed by atoms with Crippen molar-refractivity contribution in [3.63, 3.8) is 0 Å². The molecule has 0 amide bonds. The lowest BCUT2D eigenvalue weighted by Gasteiger charge is -2.13. The van der Waals surface area contributed by atoms with Crippen molar-refractivity contribution in [2.24, 2.45) is 5.73 Å². The van der Waals surface area contributed by atoms with Crippen LogP contribution in [0.25, 0.3) is 5.57 Å². The van der Waals surface area contributed by atoms with Gasteiger partial charge in [-0.3, -0.25) is 0 Å². The molecule has 74 valence electrons. The van der Waals surface area contributed by atoms with Crippen LogP contribution in [-0.2, 0) is 0 Å². The summed E-state index contributed by atoms with van der Waals surface area (Å²) in [6, 6.07) is 8.63. The Morgan fingerprint density at radius 2 is 2.07 bits per heavy atom. The van der Waals surface area contributed by atoms with E-state index in [4.69, 9.17) is 5.73 Å². The second-order valence-electron chi connectivity index (χ2n) is 4.00. The minimum atomic E-state index is 0.132. The van der Waals surface area contributed by atoms with Gasteiger partial charge in [-0.25, -0.2) is 0 Å². The van der Waals surface area contributed by atoms with Crippen LogP contribution in [-0.4, -0.2) is 0 Å². The zero-order valence-electron chi connectivity index (χ0n) is 8.66. The van der Waals surface area contributed by atoms with E-state index in [1.165, 1.54) is 36.0 Å². The summed E-state index contributed by atoms with van der Waals surface area (Å²) >= 11 is 0. The molecule has 14 heavy (non-hydrogen) atoms. The molecule has 0 unspecified atom stereocenters. The molecule has 1 nitrogen and oxygen atoms in total. The van der Waals surface area contributed by atoms with Crippen molar-refractivity contribution in [3.05, 3.63) is 41.5 Å². The van der Waals surface area contributed by atoms with Gasteiger partial charge in [-0.15, -0.1) is 0 Å². The molecular weight excluding hydrogens is 170 g/mol. The smallest absolute Gasteiger partial charge is 0.0272 e. The van der Waals surface area contributed by atoms with Crippen molar-refractivity contribution in [2.45, 2.75) is 32.2 Å². The van der Waals surface area contributed by atoms with Crippen molar-refractivity contribution in [2.75, 3.05) is 0 Å². The van der Waals surface area contributed by atoms with E-state index >= 15 is 0 Å². The van der Waals surface area contributed by atoms with Crippen molar-refractivity contribution in [1.82, 2.24) is 0 Å². The normalized spacial score (nSPS) is 18.0. The number of benzene rings is 1. The molecule has 0 aromatic heterocycles. The molecule has 0 spiro atoms. The van der Waals surface area contributed by atoms with Crippen LogP contribution in [0.3, 0.4) is 0 Å². The molecule has 1 atom stereocenters. The maximum Gasteiger partial charge on any atom is 0.0272 e. The summed E-state index contributed by atoms with van der Waals surface area (Å²) in [5, 5.41) is 0. The number of rotatable bonds is 2. The van der Waals surface area contributed by atoms with Gasteiger partial charge in [0.25, 0.3) is 0 Å². The number of nitrogens with two attached hydrogens (primary N) is 1. The molecular formula is C13H17N. The summed E-state index contributed by atoms with van der Waals surface area (Å²) in [5.74, 6) is 0. The Morgan fingerprint density at radius 1 is 1.29 bits per heavy atom. The molecule has 1 aromatic rings. The van der Waals surface area contributed by atoms with Crippen LogP contribution in [0.4, 0.5) is 0 Å². The SMILES string of the molecule is C[C@H](N)c1ccccc1C1=CCCC1. The third kappa shape index (κ3) is 1.73. The summed E-state index contributed by atoms with van der Waals surface area (Å²) < 4.78 is 0. The molecule has 2 rings (SSSR count). The average molecular weight is 187 g/mol. The van der Waals surface area contributed by atoms with E-state index in [1.54, 1.807) is 0 Å². The fourth-order valence-electron chi connectivity index (χ4n) is 2.10. The highest BCUT2D eigenvalue weighted by molar-refractivity contribution is 5.70. The van der Waals surface area contributed by atoms with Gasteiger partial charge >= 0.3 is 0 Å². The molecule has 0 aliphatic heterocycles. The predicted molar refractivity (Wildman–Crippen MR) is 60.9 cm³/mol. The molecule has 1 heteroatoms.